The molecule has 2 N–H and O–H groups in total. The van der Waals surface area contributed by atoms with Crippen molar-refractivity contribution in [2.45, 2.75) is 44.3 Å². The first-order chi connectivity index (χ1) is 9.72. The minimum atomic E-state index is -0.0728. The summed E-state index contributed by atoms with van der Waals surface area (Å²) < 4.78 is 0. The van der Waals surface area contributed by atoms with Crippen molar-refractivity contribution >= 4 is 11.6 Å². The van der Waals surface area contributed by atoms with Crippen LogP contribution in [0.25, 0.3) is 0 Å². The second-order valence-electron chi connectivity index (χ2n) is 5.95. The Morgan fingerprint density at radius 2 is 2.00 bits per heavy atom. The minimum Gasteiger partial charge on any atom is -0.325 e. The molecule has 0 aromatic heterocycles. The van der Waals surface area contributed by atoms with Gasteiger partial charge >= 0.3 is 0 Å². The largest absolute Gasteiger partial charge is 0.325 e. The molecule has 108 valence electrons. The average Bonchev–Trinajstić information content (AvgIpc) is 2.79. The van der Waals surface area contributed by atoms with Crippen LogP contribution in [0.1, 0.15) is 26.2 Å². The Morgan fingerprint density at radius 1 is 1.25 bits per heavy atom. The first-order valence-corrected chi connectivity index (χ1v) is 7.58. The van der Waals surface area contributed by atoms with Crippen molar-refractivity contribution in [1.29, 1.82) is 0 Å². The van der Waals surface area contributed by atoms with Crippen LogP contribution in [0.5, 0.6) is 0 Å². The summed E-state index contributed by atoms with van der Waals surface area (Å²) in [6, 6.07) is 10.8. The van der Waals surface area contributed by atoms with E-state index >= 15 is 0 Å². The summed E-state index contributed by atoms with van der Waals surface area (Å²) in [5.41, 5.74) is 0.874. The fourth-order valence-corrected chi connectivity index (χ4v) is 3.26. The molecule has 1 aromatic carbocycles. The van der Waals surface area contributed by atoms with Crippen LogP contribution >= 0.6 is 0 Å². The van der Waals surface area contributed by atoms with Crippen molar-refractivity contribution in [2.75, 3.05) is 18.4 Å². The number of likely N-dealkylation sites (tertiary alicyclic amines) is 1. The molecule has 0 saturated carbocycles. The van der Waals surface area contributed by atoms with Crippen LogP contribution in [0, 0.1) is 0 Å². The van der Waals surface area contributed by atoms with Gasteiger partial charge in [0.1, 0.15) is 0 Å². The molecule has 1 amide bonds. The van der Waals surface area contributed by atoms with E-state index in [-0.39, 0.29) is 11.9 Å². The van der Waals surface area contributed by atoms with Crippen molar-refractivity contribution in [3.8, 4) is 0 Å². The van der Waals surface area contributed by atoms with Gasteiger partial charge < -0.3 is 10.6 Å². The third-order valence-corrected chi connectivity index (χ3v) is 4.52. The number of carbonyl (C=O) groups excluding carboxylic acids is 1. The van der Waals surface area contributed by atoms with Gasteiger partial charge in [-0.25, -0.2) is 0 Å². The SMILES string of the molecule is CC(C(=O)Nc1ccccc1)N1CCC2CCC(C1)N2. The molecule has 4 nitrogen and oxygen atoms in total. The van der Waals surface area contributed by atoms with E-state index in [2.05, 4.69) is 15.5 Å². The van der Waals surface area contributed by atoms with E-state index in [1.165, 1.54) is 12.8 Å². The van der Waals surface area contributed by atoms with Gasteiger partial charge in [-0.15, -0.1) is 0 Å². The number of fused-ring (bicyclic) bond motifs is 2. The van der Waals surface area contributed by atoms with E-state index in [0.717, 1.165) is 25.2 Å². The van der Waals surface area contributed by atoms with Crippen molar-refractivity contribution in [1.82, 2.24) is 10.2 Å². The number of para-hydroxylation sites is 1. The molecule has 2 fully saturated rings. The van der Waals surface area contributed by atoms with Crippen LogP contribution < -0.4 is 10.6 Å². The lowest BCUT2D eigenvalue weighted by Crippen LogP contribution is -2.46. The maximum atomic E-state index is 12.4. The van der Waals surface area contributed by atoms with E-state index in [1.807, 2.05) is 37.3 Å². The molecule has 0 aliphatic carbocycles. The Labute approximate surface area is 120 Å². The molecule has 4 heteroatoms. The van der Waals surface area contributed by atoms with Gasteiger partial charge in [0.05, 0.1) is 6.04 Å². The second kappa shape index (κ2) is 5.94. The predicted molar refractivity (Wildman–Crippen MR) is 80.7 cm³/mol. The standard InChI is InChI=1S/C16H23N3O/c1-12(16(20)18-13-5-3-2-4-6-13)19-10-9-14-7-8-15(11-19)17-14/h2-6,12,14-15,17H,7-11H2,1H3,(H,18,20). The molecule has 2 aliphatic heterocycles. The molecule has 20 heavy (non-hydrogen) atoms. The third-order valence-electron chi connectivity index (χ3n) is 4.52. The molecular formula is C16H23N3O. The number of hydrogen-bond acceptors (Lipinski definition) is 3. The van der Waals surface area contributed by atoms with E-state index < -0.39 is 0 Å². The molecule has 0 radical (unpaired) electrons. The van der Waals surface area contributed by atoms with E-state index in [1.54, 1.807) is 0 Å². The number of amides is 1. The molecule has 2 aliphatic rings. The zero-order chi connectivity index (χ0) is 13.9. The fraction of sp³-hybridized carbons (Fsp3) is 0.562. The van der Waals surface area contributed by atoms with Gasteiger partial charge in [0.25, 0.3) is 0 Å². The predicted octanol–water partition coefficient (Wildman–Crippen LogP) is 1.84. The number of carbonyl (C=O) groups is 1. The highest BCUT2D eigenvalue weighted by atomic mass is 16.2. The summed E-state index contributed by atoms with van der Waals surface area (Å²) >= 11 is 0. The fourth-order valence-electron chi connectivity index (χ4n) is 3.26. The molecule has 2 saturated heterocycles. The number of nitrogens with zero attached hydrogens (tertiary/aromatic N) is 1. The number of anilines is 1. The van der Waals surface area contributed by atoms with Gasteiger partial charge in [-0.3, -0.25) is 9.69 Å². The second-order valence-corrected chi connectivity index (χ2v) is 5.95. The van der Waals surface area contributed by atoms with Crippen molar-refractivity contribution in [2.24, 2.45) is 0 Å². The van der Waals surface area contributed by atoms with Crippen LogP contribution in [0.15, 0.2) is 30.3 Å². The highest BCUT2D eigenvalue weighted by Crippen LogP contribution is 2.22. The van der Waals surface area contributed by atoms with Crippen LogP contribution in [0.4, 0.5) is 5.69 Å². The highest BCUT2D eigenvalue weighted by molar-refractivity contribution is 5.94. The van der Waals surface area contributed by atoms with E-state index in [4.69, 9.17) is 0 Å². The van der Waals surface area contributed by atoms with Crippen LogP contribution in [-0.2, 0) is 4.79 Å². The van der Waals surface area contributed by atoms with Gasteiger partial charge in [0.15, 0.2) is 0 Å². The summed E-state index contributed by atoms with van der Waals surface area (Å²) in [7, 11) is 0. The number of nitrogens with one attached hydrogen (secondary N) is 2. The van der Waals surface area contributed by atoms with Crippen molar-refractivity contribution < 1.29 is 4.79 Å². The maximum Gasteiger partial charge on any atom is 0.241 e. The Balaban J connectivity index is 1.60. The van der Waals surface area contributed by atoms with Crippen LogP contribution in [0.2, 0.25) is 0 Å². The van der Waals surface area contributed by atoms with Gasteiger partial charge in [-0.05, 0) is 38.3 Å². The van der Waals surface area contributed by atoms with Crippen molar-refractivity contribution in [3.63, 3.8) is 0 Å². The smallest absolute Gasteiger partial charge is 0.241 e. The molecule has 2 bridgehead atoms. The first kappa shape index (κ1) is 13.6. The lowest BCUT2D eigenvalue weighted by atomic mass is 10.1. The number of hydrogen-bond donors (Lipinski definition) is 2. The topological polar surface area (TPSA) is 44.4 Å². The van der Waals surface area contributed by atoms with E-state index in [0.29, 0.717) is 12.1 Å². The molecule has 1 aromatic rings. The Hall–Kier alpha value is -1.39. The maximum absolute atomic E-state index is 12.4. The monoisotopic (exact) mass is 273 g/mol. The zero-order valence-corrected chi connectivity index (χ0v) is 12.0. The molecule has 3 atom stereocenters. The Morgan fingerprint density at radius 3 is 2.80 bits per heavy atom. The van der Waals surface area contributed by atoms with Gasteiger partial charge in [0, 0.05) is 30.9 Å². The summed E-state index contributed by atoms with van der Waals surface area (Å²) in [5.74, 6) is 0.0916. The molecule has 2 heterocycles. The molecule has 0 spiro atoms. The van der Waals surface area contributed by atoms with Crippen LogP contribution in [-0.4, -0.2) is 42.0 Å². The molecule has 3 rings (SSSR count). The van der Waals surface area contributed by atoms with Crippen LogP contribution in [0.3, 0.4) is 0 Å². The summed E-state index contributed by atoms with van der Waals surface area (Å²) in [6.07, 6.45) is 3.69. The highest BCUT2D eigenvalue weighted by Gasteiger charge is 2.32. The summed E-state index contributed by atoms with van der Waals surface area (Å²) in [5, 5.41) is 6.66. The first-order valence-electron chi connectivity index (χ1n) is 7.58. The van der Waals surface area contributed by atoms with E-state index in [9.17, 15) is 4.79 Å². The minimum absolute atomic E-state index is 0.0728. The van der Waals surface area contributed by atoms with Crippen molar-refractivity contribution in [3.05, 3.63) is 30.3 Å². The van der Waals surface area contributed by atoms with Gasteiger partial charge in [-0.2, -0.15) is 0 Å². The molecular weight excluding hydrogens is 250 g/mol. The Kier molecular flexibility index (Phi) is 4.03. The summed E-state index contributed by atoms with van der Waals surface area (Å²) in [4.78, 5) is 14.7. The molecule has 3 unspecified atom stereocenters. The lowest BCUT2D eigenvalue weighted by Gasteiger charge is -2.29. The lowest BCUT2D eigenvalue weighted by molar-refractivity contribution is -0.120. The number of benzene rings is 1. The number of rotatable bonds is 3. The third kappa shape index (κ3) is 3.02. The zero-order valence-electron chi connectivity index (χ0n) is 12.0. The van der Waals surface area contributed by atoms with Gasteiger partial charge in [0.2, 0.25) is 5.91 Å². The normalized spacial score (nSPS) is 27.9. The average molecular weight is 273 g/mol. The Bertz CT molecular complexity index is 462. The summed E-state index contributed by atoms with van der Waals surface area (Å²) in [6.45, 7) is 4.01. The van der Waals surface area contributed by atoms with Gasteiger partial charge in [-0.1, -0.05) is 18.2 Å². The quantitative estimate of drug-likeness (QED) is 0.883.